The van der Waals surface area contributed by atoms with Gasteiger partial charge in [0.25, 0.3) is 0 Å². The van der Waals surface area contributed by atoms with Crippen molar-refractivity contribution < 1.29 is 4.79 Å². The van der Waals surface area contributed by atoms with Crippen LogP contribution >= 0.6 is 11.3 Å². The van der Waals surface area contributed by atoms with Gasteiger partial charge in [-0.05, 0) is 0 Å². The first-order valence-electron chi connectivity index (χ1n) is 3.71. The van der Waals surface area contributed by atoms with Crippen LogP contribution in [0.2, 0.25) is 9.74 Å². The van der Waals surface area contributed by atoms with Crippen molar-refractivity contribution in [3.8, 4) is 0 Å². The van der Waals surface area contributed by atoms with Crippen LogP contribution in [0.1, 0.15) is 16.6 Å². The van der Waals surface area contributed by atoms with Crippen LogP contribution < -0.4 is 2.82 Å². The molecule has 0 aliphatic heterocycles. The number of hydrogen-bond donors (Lipinski definition) is 0. The van der Waals surface area contributed by atoms with Crippen LogP contribution in [0, 0.1) is 0 Å². The third-order valence-corrected chi connectivity index (χ3v) is 10.5. The SMILES string of the molecule is [CH2]=[Sb]([CH3])([CH3])[c]1ccc(C(C)=O)s1. The van der Waals surface area contributed by atoms with Crippen LogP contribution in [0.3, 0.4) is 0 Å². The first-order valence-corrected chi connectivity index (χ1v) is 12.7. The van der Waals surface area contributed by atoms with Gasteiger partial charge in [-0.15, -0.1) is 0 Å². The first kappa shape index (κ1) is 10.1. The number of rotatable bonds is 2. The van der Waals surface area contributed by atoms with Crippen LogP contribution in [-0.2, 0) is 0 Å². The van der Waals surface area contributed by atoms with Crippen LogP contribution in [0.4, 0.5) is 0 Å². The summed E-state index contributed by atoms with van der Waals surface area (Å²) in [6.45, 7) is 1.61. The number of ketones is 1. The summed E-state index contributed by atoms with van der Waals surface area (Å²) in [7, 11) is 0. The second-order valence-electron chi connectivity index (χ2n) is 3.38. The number of thiophene rings is 1. The van der Waals surface area contributed by atoms with Gasteiger partial charge in [-0.25, -0.2) is 0 Å². The van der Waals surface area contributed by atoms with Crippen LogP contribution in [-0.4, -0.2) is 28.6 Å². The van der Waals surface area contributed by atoms with E-state index in [0.29, 0.717) is 0 Å². The summed E-state index contributed by atoms with van der Waals surface area (Å²) < 4.78 is 5.57. The maximum atomic E-state index is 11.0. The predicted molar refractivity (Wildman–Crippen MR) is 58.6 cm³/mol. The molecule has 0 aromatic carbocycles. The molecule has 0 unspecified atom stereocenters. The van der Waals surface area contributed by atoms with Crippen molar-refractivity contribution in [1.82, 2.24) is 0 Å². The molecule has 1 aromatic heterocycles. The minimum atomic E-state index is -2.04. The van der Waals surface area contributed by atoms with E-state index in [1.807, 2.05) is 6.07 Å². The Hall–Kier alpha value is 0.0582. The van der Waals surface area contributed by atoms with E-state index >= 15 is 0 Å². The van der Waals surface area contributed by atoms with Gasteiger partial charge in [0.2, 0.25) is 0 Å². The molecule has 0 bridgehead atoms. The quantitative estimate of drug-likeness (QED) is 0.600. The third-order valence-electron chi connectivity index (χ3n) is 1.54. The van der Waals surface area contributed by atoms with E-state index in [4.69, 9.17) is 0 Å². The topological polar surface area (TPSA) is 17.1 Å². The monoisotopic (exact) mass is 290 g/mol. The van der Waals surface area contributed by atoms with Gasteiger partial charge in [0, 0.05) is 0 Å². The Morgan fingerprint density at radius 2 is 2.08 bits per heavy atom. The Morgan fingerprint density at radius 3 is 2.33 bits per heavy atom. The van der Waals surface area contributed by atoms with Gasteiger partial charge < -0.3 is 0 Å². The van der Waals surface area contributed by atoms with Gasteiger partial charge in [-0.3, -0.25) is 0 Å². The molecule has 0 aliphatic carbocycles. The van der Waals surface area contributed by atoms with Crippen molar-refractivity contribution in [3.63, 3.8) is 0 Å². The fourth-order valence-corrected chi connectivity index (χ4v) is 6.05. The van der Waals surface area contributed by atoms with Gasteiger partial charge in [0.1, 0.15) is 0 Å². The van der Waals surface area contributed by atoms with Crippen molar-refractivity contribution >= 4 is 42.7 Å². The van der Waals surface area contributed by atoms with Crippen LogP contribution in [0.5, 0.6) is 0 Å². The van der Waals surface area contributed by atoms with E-state index in [2.05, 4.69) is 20.3 Å². The zero-order valence-electron chi connectivity index (χ0n) is 7.63. The van der Waals surface area contributed by atoms with Gasteiger partial charge in [-0.1, -0.05) is 0 Å². The Balaban J connectivity index is 3.08. The molecular formula is C9H13OSSb. The number of Topliss-reactive ketones (excluding diaryl/α,β-unsaturated/α-hetero) is 1. The molecule has 0 aliphatic rings. The molecule has 0 fully saturated rings. The molecule has 0 spiro atoms. The first-order chi connectivity index (χ1) is 5.41. The van der Waals surface area contributed by atoms with Crippen LogP contribution in [0.25, 0.3) is 0 Å². The summed E-state index contributed by atoms with van der Waals surface area (Å²) in [5.74, 6) is 0.167. The number of hydrogen-bond acceptors (Lipinski definition) is 2. The summed E-state index contributed by atoms with van der Waals surface area (Å²) in [4.78, 5) is 16.4. The number of carbonyl (C=O) groups is 1. The van der Waals surface area contributed by atoms with Gasteiger partial charge in [-0.2, -0.15) is 0 Å². The zero-order valence-corrected chi connectivity index (χ0v) is 11.0. The maximum absolute atomic E-state index is 11.0. The number of carbonyl (C=O) groups excluding carboxylic acids is 1. The fourth-order valence-electron chi connectivity index (χ4n) is 0.842. The molecule has 12 heavy (non-hydrogen) atoms. The molecule has 0 N–H and O–H groups in total. The molecule has 0 amide bonds. The Labute approximate surface area is 80.9 Å². The predicted octanol–water partition coefficient (Wildman–Crippen LogP) is 1.88. The zero-order chi connectivity index (χ0) is 9.35. The fraction of sp³-hybridized carbons (Fsp3) is 0.333. The van der Waals surface area contributed by atoms with E-state index in [9.17, 15) is 4.79 Å². The van der Waals surface area contributed by atoms with Crippen molar-refractivity contribution in [1.29, 1.82) is 0 Å². The summed E-state index contributed by atoms with van der Waals surface area (Å²) in [5, 5.41) is 0. The molecule has 66 valence electrons. The average Bonchev–Trinajstić information content (AvgIpc) is 2.30. The summed E-state index contributed by atoms with van der Waals surface area (Å²) >= 11 is -0.414. The van der Waals surface area contributed by atoms with Gasteiger partial charge >= 0.3 is 81.2 Å². The molecule has 0 saturated carbocycles. The van der Waals surface area contributed by atoms with Gasteiger partial charge in [0.15, 0.2) is 0 Å². The Kier molecular flexibility index (Phi) is 2.90. The molecule has 0 radical (unpaired) electrons. The van der Waals surface area contributed by atoms with E-state index in [1.165, 1.54) is 2.82 Å². The van der Waals surface area contributed by atoms with Crippen molar-refractivity contribution in [2.45, 2.75) is 16.7 Å². The molecule has 0 atom stereocenters. The van der Waals surface area contributed by atoms with Crippen molar-refractivity contribution in [2.24, 2.45) is 0 Å². The van der Waals surface area contributed by atoms with E-state index < -0.39 is 18.3 Å². The minimum absolute atomic E-state index is 0.167. The molecule has 1 rings (SSSR count). The molecule has 1 nitrogen and oxygen atoms in total. The second-order valence-corrected chi connectivity index (χ2v) is 16.4. The third kappa shape index (κ3) is 2.27. The summed E-state index contributed by atoms with van der Waals surface area (Å²) in [6, 6.07) is 3.99. The van der Waals surface area contributed by atoms with Crippen molar-refractivity contribution in [2.75, 3.05) is 0 Å². The summed E-state index contributed by atoms with van der Waals surface area (Å²) in [5.41, 5.74) is 0. The second kappa shape index (κ2) is 3.43. The van der Waals surface area contributed by atoms with Crippen LogP contribution in [0.15, 0.2) is 12.1 Å². The normalized spacial score (nSPS) is 11.6. The molecular weight excluding hydrogens is 278 g/mol. The van der Waals surface area contributed by atoms with E-state index in [1.54, 1.807) is 18.3 Å². The van der Waals surface area contributed by atoms with E-state index in [-0.39, 0.29) is 5.78 Å². The molecule has 3 heteroatoms. The Bertz CT molecular complexity index is 345. The molecule has 1 heterocycles. The average molecular weight is 291 g/mol. The Morgan fingerprint density at radius 1 is 1.50 bits per heavy atom. The van der Waals surface area contributed by atoms with E-state index in [0.717, 1.165) is 4.88 Å². The van der Waals surface area contributed by atoms with Crippen molar-refractivity contribution in [3.05, 3.63) is 17.0 Å². The molecule has 0 saturated heterocycles. The standard InChI is InChI=1S/C6H5OS.2CH3.CH2.Sb/c1-5(7)6-3-2-4-8-6;;;;/h2-3H,1H3;2*1H3;1H2;. The summed E-state index contributed by atoms with van der Waals surface area (Å²) in [6.07, 6.45) is 0. The van der Waals surface area contributed by atoms with Gasteiger partial charge in [0.05, 0.1) is 0 Å². The molecule has 1 aromatic rings.